The lowest BCUT2D eigenvalue weighted by molar-refractivity contribution is 0.412. The summed E-state index contributed by atoms with van der Waals surface area (Å²) in [5.74, 6) is 0.307. The third kappa shape index (κ3) is 3.32. The monoisotopic (exact) mass is 357 g/mol. The van der Waals surface area contributed by atoms with Gasteiger partial charge in [0.1, 0.15) is 11.6 Å². The molecule has 1 unspecified atom stereocenters. The molecule has 0 aliphatic heterocycles. The number of rotatable bonds is 4. The molecule has 0 spiro atoms. The van der Waals surface area contributed by atoms with Crippen LogP contribution in [0.1, 0.15) is 17.2 Å². The molecular weight excluding hydrogens is 345 g/mol. The van der Waals surface area contributed by atoms with Crippen molar-refractivity contribution in [2.24, 2.45) is 5.73 Å². The topological polar surface area (TPSA) is 35.2 Å². The first-order valence-electron chi connectivity index (χ1n) is 6.05. The Balaban J connectivity index is 2.21. The van der Waals surface area contributed by atoms with Crippen molar-refractivity contribution in [2.45, 2.75) is 12.5 Å². The van der Waals surface area contributed by atoms with Gasteiger partial charge in [-0.3, -0.25) is 0 Å². The zero-order valence-electron chi connectivity index (χ0n) is 10.9. The van der Waals surface area contributed by atoms with E-state index in [1.165, 1.54) is 6.07 Å². The minimum Gasteiger partial charge on any atom is -0.496 e. The summed E-state index contributed by atoms with van der Waals surface area (Å²) in [6.07, 6.45) is 0.561. The lowest BCUT2D eigenvalue weighted by Gasteiger charge is -2.15. The Morgan fingerprint density at radius 2 is 2.10 bits per heavy atom. The number of ether oxygens (including phenoxy) is 1. The first kappa shape index (κ1) is 15.3. The van der Waals surface area contributed by atoms with Crippen LogP contribution >= 0.6 is 27.5 Å². The normalized spacial score (nSPS) is 12.2. The molecule has 0 radical (unpaired) electrons. The van der Waals surface area contributed by atoms with Crippen LogP contribution in [-0.2, 0) is 6.42 Å². The molecular formula is C15H14BrClFNO. The number of nitrogens with two attached hydrogens (primary N) is 1. The van der Waals surface area contributed by atoms with Crippen LogP contribution < -0.4 is 10.5 Å². The van der Waals surface area contributed by atoms with Crippen LogP contribution in [0.25, 0.3) is 0 Å². The molecule has 2 aromatic carbocycles. The highest BCUT2D eigenvalue weighted by atomic mass is 79.9. The SMILES string of the molecule is COc1ccc(CC(N)c2cccc(F)c2Cl)cc1Br. The summed E-state index contributed by atoms with van der Waals surface area (Å²) in [4.78, 5) is 0. The van der Waals surface area contributed by atoms with Crippen molar-refractivity contribution in [2.75, 3.05) is 7.11 Å². The molecule has 0 aliphatic rings. The van der Waals surface area contributed by atoms with E-state index in [-0.39, 0.29) is 11.1 Å². The Hall–Kier alpha value is -1.10. The molecule has 2 aromatic rings. The second-order valence-electron chi connectivity index (χ2n) is 4.42. The molecule has 0 aliphatic carbocycles. The van der Waals surface area contributed by atoms with Gasteiger partial charge < -0.3 is 10.5 Å². The van der Waals surface area contributed by atoms with E-state index in [2.05, 4.69) is 15.9 Å². The minimum absolute atomic E-state index is 0.0903. The second-order valence-corrected chi connectivity index (χ2v) is 5.65. The Morgan fingerprint density at radius 1 is 1.35 bits per heavy atom. The van der Waals surface area contributed by atoms with Gasteiger partial charge in [0.2, 0.25) is 0 Å². The third-order valence-corrected chi connectivity index (χ3v) is 4.07. The molecule has 2 rings (SSSR count). The summed E-state index contributed by atoms with van der Waals surface area (Å²) < 4.78 is 19.5. The second kappa shape index (κ2) is 6.57. The van der Waals surface area contributed by atoms with Gasteiger partial charge >= 0.3 is 0 Å². The minimum atomic E-state index is -0.449. The predicted octanol–water partition coefficient (Wildman–Crippen LogP) is 4.49. The number of hydrogen-bond donors (Lipinski definition) is 1. The van der Waals surface area contributed by atoms with Gasteiger partial charge in [-0.15, -0.1) is 0 Å². The van der Waals surface area contributed by atoms with Crippen LogP contribution in [0.2, 0.25) is 5.02 Å². The Bertz CT molecular complexity index is 621. The zero-order valence-corrected chi connectivity index (χ0v) is 13.2. The average Bonchev–Trinajstić information content (AvgIpc) is 2.42. The fourth-order valence-corrected chi connectivity index (χ4v) is 2.86. The van der Waals surface area contributed by atoms with Crippen LogP contribution in [0.3, 0.4) is 0 Å². The molecule has 5 heteroatoms. The van der Waals surface area contributed by atoms with E-state index in [0.29, 0.717) is 12.0 Å². The fraction of sp³-hybridized carbons (Fsp3) is 0.200. The summed E-state index contributed by atoms with van der Waals surface area (Å²) in [7, 11) is 1.61. The summed E-state index contributed by atoms with van der Waals surface area (Å²) >= 11 is 9.38. The molecule has 0 saturated carbocycles. The van der Waals surface area contributed by atoms with Gasteiger partial charge in [0, 0.05) is 6.04 Å². The molecule has 0 aromatic heterocycles. The molecule has 0 saturated heterocycles. The van der Waals surface area contributed by atoms with Crippen molar-refractivity contribution in [3.63, 3.8) is 0 Å². The summed E-state index contributed by atoms with van der Waals surface area (Å²) in [6, 6.07) is 10.0. The van der Waals surface area contributed by atoms with E-state index in [9.17, 15) is 4.39 Å². The molecule has 0 fully saturated rings. The molecule has 106 valence electrons. The molecule has 1 atom stereocenters. The molecule has 0 heterocycles. The highest BCUT2D eigenvalue weighted by molar-refractivity contribution is 9.10. The zero-order chi connectivity index (χ0) is 14.7. The van der Waals surface area contributed by atoms with Crippen LogP contribution in [0.5, 0.6) is 5.75 Å². The lowest BCUT2D eigenvalue weighted by Crippen LogP contribution is -2.14. The highest BCUT2D eigenvalue weighted by Gasteiger charge is 2.14. The van der Waals surface area contributed by atoms with Crippen molar-refractivity contribution in [3.8, 4) is 5.75 Å². The number of methoxy groups -OCH3 is 1. The quantitative estimate of drug-likeness (QED) is 0.874. The molecule has 2 nitrogen and oxygen atoms in total. The Morgan fingerprint density at radius 3 is 2.75 bits per heavy atom. The van der Waals surface area contributed by atoms with E-state index >= 15 is 0 Å². The summed E-state index contributed by atoms with van der Waals surface area (Å²) in [5.41, 5.74) is 7.75. The van der Waals surface area contributed by atoms with E-state index in [1.807, 2.05) is 18.2 Å². The summed E-state index contributed by atoms with van der Waals surface area (Å²) in [5, 5.41) is 0.0903. The maximum absolute atomic E-state index is 13.4. The van der Waals surface area contributed by atoms with Gasteiger partial charge in [-0.05, 0) is 51.7 Å². The van der Waals surface area contributed by atoms with Gasteiger partial charge in [-0.2, -0.15) is 0 Å². The number of hydrogen-bond acceptors (Lipinski definition) is 2. The molecule has 2 N–H and O–H groups in total. The van der Waals surface area contributed by atoms with Gasteiger partial charge in [0.25, 0.3) is 0 Å². The van der Waals surface area contributed by atoms with E-state index in [1.54, 1.807) is 19.2 Å². The molecule has 20 heavy (non-hydrogen) atoms. The average molecular weight is 359 g/mol. The van der Waals surface area contributed by atoms with Gasteiger partial charge in [0.15, 0.2) is 0 Å². The smallest absolute Gasteiger partial charge is 0.142 e. The Kier molecular flexibility index (Phi) is 5.02. The first-order chi connectivity index (χ1) is 9.52. The first-order valence-corrected chi connectivity index (χ1v) is 7.22. The predicted molar refractivity (Wildman–Crippen MR) is 82.7 cm³/mol. The van der Waals surface area contributed by atoms with E-state index in [4.69, 9.17) is 22.1 Å². The van der Waals surface area contributed by atoms with Crippen molar-refractivity contribution >= 4 is 27.5 Å². The van der Waals surface area contributed by atoms with Crippen LogP contribution in [0, 0.1) is 5.82 Å². The van der Waals surface area contributed by atoms with E-state index < -0.39 is 5.82 Å². The van der Waals surface area contributed by atoms with Gasteiger partial charge in [-0.1, -0.05) is 29.8 Å². The van der Waals surface area contributed by atoms with Crippen LogP contribution in [0.4, 0.5) is 4.39 Å². The van der Waals surface area contributed by atoms with Crippen LogP contribution in [-0.4, -0.2) is 7.11 Å². The number of halogens is 3. The van der Waals surface area contributed by atoms with Crippen molar-refractivity contribution in [3.05, 3.63) is 62.8 Å². The van der Waals surface area contributed by atoms with Crippen LogP contribution in [0.15, 0.2) is 40.9 Å². The Labute approximate surface area is 130 Å². The highest BCUT2D eigenvalue weighted by Crippen LogP contribution is 2.29. The fourth-order valence-electron chi connectivity index (χ4n) is 2.01. The van der Waals surface area contributed by atoms with Crippen molar-refractivity contribution in [1.82, 2.24) is 0 Å². The summed E-state index contributed by atoms with van der Waals surface area (Å²) in [6.45, 7) is 0. The molecule has 0 bridgehead atoms. The molecule has 0 amide bonds. The van der Waals surface area contributed by atoms with Crippen molar-refractivity contribution in [1.29, 1.82) is 0 Å². The van der Waals surface area contributed by atoms with E-state index in [0.717, 1.165) is 15.8 Å². The number of benzene rings is 2. The largest absolute Gasteiger partial charge is 0.496 e. The lowest BCUT2D eigenvalue weighted by atomic mass is 9.99. The third-order valence-electron chi connectivity index (χ3n) is 3.05. The standard InChI is InChI=1S/C15H14BrClFNO/c1-20-14-6-5-9(7-11(14)16)8-13(19)10-3-2-4-12(18)15(10)17/h2-7,13H,8,19H2,1H3. The maximum Gasteiger partial charge on any atom is 0.142 e. The maximum atomic E-state index is 13.4. The van der Waals surface area contributed by atoms with Gasteiger partial charge in [0.05, 0.1) is 16.6 Å². The van der Waals surface area contributed by atoms with Gasteiger partial charge in [-0.25, -0.2) is 4.39 Å². The van der Waals surface area contributed by atoms with Crippen molar-refractivity contribution < 1.29 is 9.13 Å².